The van der Waals surface area contributed by atoms with Gasteiger partial charge >= 0.3 is 0 Å². The Balaban J connectivity index is 1.06. The Bertz CT molecular complexity index is 4300. The van der Waals surface area contributed by atoms with E-state index in [-0.39, 0.29) is 51.5 Å². The predicted octanol–water partition coefficient (Wildman–Crippen LogP) is 19.4. The van der Waals surface area contributed by atoms with Gasteiger partial charge in [0.2, 0.25) is 0 Å². The van der Waals surface area contributed by atoms with Crippen LogP contribution >= 0.6 is 0 Å². The number of aromatic nitrogens is 2. The zero-order valence-corrected chi connectivity index (χ0v) is 45.1. The number of ether oxygens (including phenoxy) is 1. The molecule has 0 radical (unpaired) electrons. The standard InChI is InChI=1S/C70H70N4O/c1-67(2,3)50-34-35-71-65(42-50)74-61-33-30-48(46-22-15-13-16-23-46)38-60(61)57-32-31-56(44-64(57)74)75-55-27-21-26-54(43-55)72-45-73(63-29-20-19-28-62(63)72)66-58(47-24-17-14-18-25-47)40-53(70(10,11)12)41-59(66)49-36-51(68(4,5)6)39-52(37-49)69(7,8)9/h13-44H,45H2,1-12H3/i13D,14D,15D,16D,17D,18D,22D,23D,24D,25D. The van der Waals surface area contributed by atoms with Gasteiger partial charge in [-0.1, -0.05) is 186 Å². The third kappa shape index (κ3) is 9.50. The fourth-order valence-corrected chi connectivity index (χ4v) is 10.1. The Labute approximate surface area is 459 Å². The molecule has 75 heavy (non-hydrogen) atoms. The molecule has 1 aliphatic heterocycles. The van der Waals surface area contributed by atoms with Crippen LogP contribution in [0.2, 0.25) is 0 Å². The van der Waals surface area contributed by atoms with Gasteiger partial charge in [-0.2, -0.15) is 0 Å². The highest BCUT2D eigenvalue weighted by atomic mass is 16.5. The van der Waals surface area contributed by atoms with Gasteiger partial charge in [0, 0.05) is 45.9 Å². The van der Waals surface area contributed by atoms with Crippen LogP contribution in [0.5, 0.6) is 11.5 Å². The third-order valence-corrected chi connectivity index (χ3v) is 14.5. The zero-order valence-electron chi connectivity index (χ0n) is 55.1. The van der Waals surface area contributed by atoms with Gasteiger partial charge in [-0.05, 0) is 139 Å². The van der Waals surface area contributed by atoms with Crippen LogP contribution in [0.1, 0.15) is 119 Å². The van der Waals surface area contributed by atoms with E-state index in [1.54, 1.807) is 6.07 Å². The predicted molar refractivity (Wildman–Crippen MR) is 318 cm³/mol. The van der Waals surface area contributed by atoms with E-state index in [2.05, 4.69) is 140 Å². The lowest BCUT2D eigenvalue weighted by Gasteiger charge is -2.31. The molecule has 376 valence electrons. The van der Waals surface area contributed by atoms with Crippen molar-refractivity contribution in [3.8, 4) is 50.7 Å². The summed E-state index contributed by atoms with van der Waals surface area (Å²) in [5, 5.41) is 1.65. The summed E-state index contributed by atoms with van der Waals surface area (Å²) in [5.74, 6) is 1.80. The second-order valence-corrected chi connectivity index (χ2v) is 24.0. The number of pyridine rings is 1. The molecule has 10 aromatic rings. The van der Waals surface area contributed by atoms with E-state index in [1.165, 1.54) is 0 Å². The monoisotopic (exact) mass is 993 g/mol. The number of fused-ring (bicyclic) bond motifs is 4. The Hall–Kier alpha value is -7.89. The molecular formula is C70H70N4O. The minimum Gasteiger partial charge on any atom is -0.457 e. The van der Waals surface area contributed by atoms with Gasteiger partial charge in [0.15, 0.2) is 0 Å². The SMILES string of the molecule is [2H]c1c([2H])c([2H])c(-c2ccc3c(c2)c2ccc(Oc4cccc(N5CN(c6c(-c7cc(C(C)(C)C)cc(C(C)(C)C)c7)cc(C(C)(C)C)cc6-c6c([2H])c([2H])c([2H])c([2H])c6[2H])c6ccccc65)c4)cc2n3-c2cc(C(C)(C)C)ccn2)c([2H])c1[2H]. The molecule has 0 amide bonds. The largest absolute Gasteiger partial charge is 0.457 e. The second-order valence-electron chi connectivity index (χ2n) is 24.0. The minimum absolute atomic E-state index is 0.124. The van der Waals surface area contributed by atoms with Crippen molar-refractivity contribution >= 4 is 44.6 Å². The smallest absolute Gasteiger partial charge is 0.137 e. The first-order chi connectivity index (χ1) is 39.8. The Morgan fingerprint density at radius 3 is 1.67 bits per heavy atom. The lowest BCUT2D eigenvalue weighted by Crippen LogP contribution is -2.25. The van der Waals surface area contributed by atoms with Gasteiger partial charge in [-0.3, -0.25) is 4.57 Å². The van der Waals surface area contributed by atoms with Crippen LogP contribution in [0.4, 0.5) is 22.7 Å². The van der Waals surface area contributed by atoms with Crippen LogP contribution in [0.25, 0.3) is 61.0 Å². The molecule has 0 saturated carbocycles. The van der Waals surface area contributed by atoms with Gasteiger partial charge in [-0.25, -0.2) is 4.98 Å². The number of para-hydroxylation sites is 2. The Kier molecular flexibility index (Phi) is 9.53. The molecule has 0 spiro atoms. The van der Waals surface area contributed by atoms with Gasteiger partial charge in [-0.15, -0.1) is 0 Å². The molecule has 3 heterocycles. The summed E-state index contributed by atoms with van der Waals surface area (Å²) in [4.78, 5) is 9.33. The van der Waals surface area contributed by atoms with Gasteiger partial charge in [0.25, 0.3) is 0 Å². The molecule has 0 fully saturated rings. The summed E-state index contributed by atoms with van der Waals surface area (Å²) in [6, 6.07) is 39.1. The average molecular weight is 993 g/mol. The highest BCUT2D eigenvalue weighted by Gasteiger charge is 2.34. The van der Waals surface area contributed by atoms with Crippen LogP contribution in [0.3, 0.4) is 0 Å². The fraction of sp³-hybridized carbons (Fsp3) is 0.243. The van der Waals surface area contributed by atoms with Gasteiger partial charge < -0.3 is 14.5 Å². The lowest BCUT2D eigenvalue weighted by molar-refractivity contribution is 0.483. The van der Waals surface area contributed by atoms with Crippen molar-refractivity contribution in [2.24, 2.45) is 0 Å². The highest BCUT2D eigenvalue weighted by Crippen LogP contribution is 2.52. The Morgan fingerprint density at radius 1 is 0.440 bits per heavy atom. The van der Waals surface area contributed by atoms with Crippen molar-refractivity contribution in [3.05, 3.63) is 216 Å². The van der Waals surface area contributed by atoms with Crippen molar-refractivity contribution in [3.63, 3.8) is 0 Å². The molecule has 5 heteroatoms. The van der Waals surface area contributed by atoms with Crippen LogP contribution in [-0.4, -0.2) is 16.2 Å². The molecule has 8 aromatic carbocycles. The molecule has 2 aromatic heterocycles. The van der Waals surface area contributed by atoms with E-state index in [0.29, 0.717) is 40.8 Å². The van der Waals surface area contributed by atoms with Crippen LogP contribution in [-0.2, 0) is 21.7 Å². The fourth-order valence-electron chi connectivity index (χ4n) is 10.1. The van der Waals surface area contributed by atoms with E-state index in [4.69, 9.17) is 20.7 Å². The average Bonchev–Trinajstić information content (AvgIpc) is 1.94. The maximum Gasteiger partial charge on any atom is 0.137 e. The van der Waals surface area contributed by atoms with Crippen LogP contribution in [0.15, 0.2) is 194 Å². The second kappa shape index (κ2) is 18.5. The summed E-state index contributed by atoms with van der Waals surface area (Å²) in [6.45, 7) is 26.5. The molecule has 0 bridgehead atoms. The number of anilines is 4. The maximum atomic E-state index is 9.49. The third-order valence-electron chi connectivity index (χ3n) is 14.5. The molecule has 0 N–H and O–H groups in total. The maximum absolute atomic E-state index is 9.49. The molecule has 0 unspecified atom stereocenters. The minimum atomic E-state index is -0.450. The van der Waals surface area contributed by atoms with Crippen molar-refractivity contribution in [2.75, 3.05) is 16.5 Å². The summed E-state index contributed by atoms with van der Waals surface area (Å²) in [5.41, 5.74) is 11.3. The molecule has 5 nitrogen and oxygen atoms in total. The highest BCUT2D eigenvalue weighted by molar-refractivity contribution is 6.11. The van der Waals surface area contributed by atoms with E-state index in [9.17, 15) is 2.74 Å². The number of hydrogen-bond donors (Lipinski definition) is 0. The summed E-state index contributed by atoms with van der Waals surface area (Å²) >= 11 is 0. The van der Waals surface area contributed by atoms with E-state index in [0.717, 1.165) is 72.2 Å². The summed E-state index contributed by atoms with van der Waals surface area (Å²) in [7, 11) is 0. The van der Waals surface area contributed by atoms with E-state index >= 15 is 0 Å². The zero-order chi connectivity index (χ0) is 61.3. The van der Waals surface area contributed by atoms with E-state index < -0.39 is 41.7 Å². The van der Waals surface area contributed by atoms with Gasteiger partial charge in [0.05, 0.1) is 41.8 Å². The first-order valence-corrected chi connectivity index (χ1v) is 25.8. The van der Waals surface area contributed by atoms with Crippen molar-refractivity contribution in [1.82, 2.24) is 9.55 Å². The first kappa shape index (κ1) is 38.7. The molecule has 0 saturated heterocycles. The van der Waals surface area contributed by atoms with Crippen molar-refractivity contribution in [2.45, 2.75) is 105 Å². The first-order valence-electron chi connectivity index (χ1n) is 30.8. The topological polar surface area (TPSA) is 33.5 Å². The summed E-state index contributed by atoms with van der Waals surface area (Å²) < 4.78 is 97.2. The number of nitrogens with zero attached hydrogens (tertiary/aromatic N) is 4. The number of rotatable bonds is 8. The summed E-state index contributed by atoms with van der Waals surface area (Å²) in [6.07, 6.45) is 1.81. The number of benzene rings is 8. The van der Waals surface area contributed by atoms with E-state index in [1.807, 2.05) is 85.1 Å². The quantitative estimate of drug-likeness (QED) is 0.152. The molecule has 0 aliphatic carbocycles. The lowest BCUT2D eigenvalue weighted by atomic mass is 9.77. The molecule has 1 aliphatic rings. The Morgan fingerprint density at radius 2 is 1.03 bits per heavy atom. The normalized spacial score (nSPS) is 15.1. The van der Waals surface area contributed by atoms with Crippen molar-refractivity contribution < 1.29 is 18.4 Å². The molecule has 11 rings (SSSR count). The van der Waals surface area contributed by atoms with Crippen molar-refractivity contribution in [1.29, 1.82) is 0 Å². The molecular weight excluding hydrogens is 913 g/mol. The van der Waals surface area contributed by atoms with Crippen LogP contribution in [0, 0.1) is 0 Å². The van der Waals surface area contributed by atoms with Crippen LogP contribution < -0.4 is 14.5 Å². The molecule has 0 atom stereocenters. The number of hydrogen-bond acceptors (Lipinski definition) is 4. The van der Waals surface area contributed by atoms with Gasteiger partial charge in [0.1, 0.15) is 24.0 Å².